The Hall–Kier alpha value is -4.72. The van der Waals surface area contributed by atoms with Gasteiger partial charge in [0.2, 0.25) is 11.9 Å². The minimum Gasteiger partial charge on any atom is -0.485 e. The monoisotopic (exact) mass is 547 g/mol. The van der Waals surface area contributed by atoms with Crippen LogP contribution in [0.3, 0.4) is 0 Å². The molecule has 40 heavy (non-hydrogen) atoms. The van der Waals surface area contributed by atoms with Crippen LogP contribution in [-0.2, 0) is 13.7 Å². The van der Waals surface area contributed by atoms with Gasteiger partial charge >= 0.3 is 0 Å². The fourth-order valence-electron chi connectivity index (χ4n) is 4.65. The van der Waals surface area contributed by atoms with Crippen molar-refractivity contribution in [3.05, 3.63) is 60.6 Å². The maximum absolute atomic E-state index is 14.9. The smallest absolute Gasteiger partial charge is 0.230 e. The van der Waals surface area contributed by atoms with Gasteiger partial charge in [-0.1, -0.05) is 0 Å². The molecule has 0 amide bonds. The molecule has 0 saturated carbocycles. The summed E-state index contributed by atoms with van der Waals surface area (Å²) in [4.78, 5) is 19.6. The Bertz CT molecular complexity index is 1590. The summed E-state index contributed by atoms with van der Waals surface area (Å²) in [6.07, 6.45) is 3.20. The molecule has 1 fully saturated rings. The average molecular weight is 548 g/mol. The summed E-state index contributed by atoms with van der Waals surface area (Å²) >= 11 is 0. The van der Waals surface area contributed by atoms with Crippen molar-refractivity contribution < 1.29 is 13.5 Å². The van der Waals surface area contributed by atoms with E-state index in [1.165, 1.54) is 10.6 Å². The summed E-state index contributed by atoms with van der Waals surface area (Å²) < 4.78 is 29.1. The van der Waals surface area contributed by atoms with Crippen molar-refractivity contribution in [2.24, 2.45) is 7.05 Å². The van der Waals surface area contributed by atoms with Gasteiger partial charge in [-0.25, -0.2) is 9.37 Å². The molecule has 208 valence electrons. The first-order valence-corrected chi connectivity index (χ1v) is 13.0. The van der Waals surface area contributed by atoms with E-state index in [9.17, 15) is 4.39 Å². The maximum Gasteiger partial charge on any atom is 0.230 e. The van der Waals surface area contributed by atoms with Crippen molar-refractivity contribution in [1.29, 1.82) is 0 Å². The summed E-state index contributed by atoms with van der Waals surface area (Å²) in [7, 11) is 3.72. The summed E-state index contributed by atoms with van der Waals surface area (Å²) in [6, 6.07) is 10.4. The summed E-state index contributed by atoms with van der Waals surface area (Å²) in [5, 5.41) is 8.61. The van der Waals surface area contributed by atoms with Gasteiger partial charge in [0.05, 0.1) is 12.0 Å². The van der Waals surface area contributed by atoms with E-state index in [1.807, 2.05) is 24.1 Å². The number of rotatable bonds is 9. The van der Waals surface area contributed by atoms with Crippen LogP contribution in [0.2, 0.25) is 0 Å². The molecule has 1 aromatic carbocycles. The van der Waals surface area contributed by atoms with Gasteiger partial charge in [0, 0.05) is 65.5 Å². The van der Waals surface area contributed by atoms with E-state index in [0.29, 0.717) is 46.9 Å². The van der Waals surface area contributed by atoms with Gasteiger partial charge in [-0.15, -0.1) is 0 Å². The fourth-order valence-corrected chi connectivity index (χ4v) is 4.65. The van der Waals surface area contributed by atoms with Crippen molar-refractivity contribution in [1.82, 2.24) is 39.2 Å². The molecule has 2 N–H and O–H groups in total. The van der Waals surface area contributed by atoms with Gasteiger partial charge in [0.1, 0.15) is 30.2 Å². The van der Waals surface area contributed by atoms with E-state index in [0.717, 1.165) is 32.7 Å². The number of aromatic nitrogens is 7. The normalized spacial score (nSPS) is 14.2. The number of hydrogen-bond donors (Lipinski definition) is 1. The lowest BCUT2D eigenvalue weighted by Crippen LogP contribution is -2.48. The van der Waals surface area contributed by atoms with E-state index in [2.05, 4.69) is 34.9 Å². The van der Waals surface area contributed by atoms with Crippen molar-refractivity contribution in [2.75, 3.05) is 61.8 Å². The predicted molar refractivity (Wildman–Crippen MR) is 147 cm³/mol. The second-order valence-electron chi connectivity index (χ2n) is 9.65. The highest BCUT2D eigenvalue weighted by atomic mass is 19.1. The Morgan fingerprint density at radius 1 is 1.10 bits per heavy atom. The van der Waals surface area contributed by atoms with Gasteiger partial charge in [-0.05, 0) is 24.3 Å². The van der Waals surface area contributed by atoms with Crippen LogP contribution in [0.5, 0.6) is 5.75 Å². The standard InChI is InChI=1S/C26H30FN11O2/c1-34(26-30-24-15-20(22-4-3-13-39-22)32-38(24)25(28)31-26)7-8-36-9-11-37(12-10-36)21-6-5-18(14-19(21)27)40-16-23-29-17-35(2)33-23/h3-6,13-15,17H,7-12,16H2,1-2H3,(H2,28,30,31). The van der Waals surface area contributed by atoms with Crippen molar-refractivity contribution >= 4 is 23.2 Å². The van der Waals surface area contributed by atoms with E-state index in [4.69, 9.17) is 14.9 Å². The summed E-state index contributed by atoms with van der Waals surface area (Å²) in [5.74, 6) is 2.11. The first-order chi connectivity index (χ1) is 19.4. The number of benzene rings is 1. The number of likely N-dealkylation sites (N-methyl/N-ethyl adjacent to an activating group) is 1. The Morgan fingerprint density at radius 2 is 1.95 bits per heavy atom. The lowest BCUT2D eigenvalue weighted by atomic mass is 10.2. The third kappa shape index (κ3) is 5.38. The van der Waals surface area contributed by atoms with Crippen molar-refractivity contribution in [3.8, 4) is 17.2 Å². The second kappa shape index (κ2) is 10.8. The molecule has 14 heteroatoms. The van der Waals surface area contributed by atoms with Crippen LogP contribution in [0.4, 0.5) is 22.0 Å². The summed E-state index contributed by atoms with van der Waals surface area (Å²) in [6.45, 7) is 4.78. The van der Waals surface area contributed by atoms with Crippen LogP contribution < -0.4 is 20.3 Å². The number of nitrogens with two attached hydrogens (primary N) is 1. The van der Waals surface area contributed by atoms with E-state index >= 15 is 0 Å². The molecular formula is C26H30FN11O2. The highest BCUT2D eigenvalue weighted by molar-refractivity contribution is 5.61. The Balaban J connectivity index is 1.01. The molecule has 1 aliphatic rings. The zero-order chi connectivity index (χ0) is 27.6. The zero-order valence-corrected chi connectivity index (χ0v) is 22.3. The Morgan fingerprint density at radius 3 is 2.67 bits per heavy atom. The minimum absolute atomic E-state index is 0.187. The number of furan rings is 1. The van der Waals surface area contributed by atoms with E-state index in [1.54, 1.807) is 42.5 Å². The molecule has 13 nitrogen and oxygen atoms in total. The molecule has 1 saturated heterocycles. The SMILES string of the molecule is CN(CCN1CCN(c2ccc(OCc3ncn(C)n3)cc2F)CC1)c1nc(N)n2nc(-c3ccco3)cc2n1. The van der Waals surface area contributed by atoms with Gasteiger partial charge in [-0.3, -0.25) is 9.58 Å². The van der Waals surface area contributed by atoms with Gasteiger partial charge in [0.25, 0.3) is 0 Å². The van der Waals surface area contributed by atoms with Gasteiger partial charge in [0.15, 0.2) is 17.2 Å². The molecule has 0 radical (unpaired) electrons. The number of ether oxygens (including phenoxy) is 1. The molecule has 5 aromatic rings. The molecule has 4 aromatic heterocycles. The predicted octanol–water partition coefficient (Wildman–Crippen LogP) is 2.07. The number of piperazine rings is 1. The number of fused-ring (bicyclic) bond motifs is 1. The molecular weight excluding hydrogens is 517 g/mol. The van der Waals surface area contributed by atoms with Crippen LogP contribution in [-0.4, -0.2) is 85.6 Å². The first-order valence-electron chi connectivity index (χ1n) is 13.0. The number of aryl methyl sites for hydroxylation is 1. The topological polar surface area (TPSA) is 132 Å². The fraction of sp³-hybridized carbons (Fsp3) is 0.346. The molecule has 0 spiro atoms. The van der Waals surface area contributed by atoms with E-state index in [-0.39, 0.29) is 18.4 Å². The maximum atomic E-state index is 14.9. The lowest BCUT2D eigenvalue weighted by Gasteiger charge is -2.36. The molecule has 6 rings (SSSR count). The number of hydrogen-bond acceptors (Lipinski definition) is 11. The second-order valence-corrected chi connectivity index (χ2v) is 9.65. The number of nitrogens with zero attached hydrogens (tertiary/aromatic N) is 10. The molecule has 0 atom stereocenters. The van der Waals surface area contributed by atoms with Crippen LogP contribution in [0.25, 0.3) is 17.1 Å². The molecule has 0 unspecified atom stereocenters. The van der Waals surface area contributed by atoms with Gasteiger partial charge < -0.3 is 24.7 Å². The highest BCUT2D eigenvalue weighted by Gasteiger charge is 2.21. The van der Waals surface area contributed by atoms with E-state index < -0.39 is 0 Å². The quantitative estimate of drug-likeness (QED) is 0.291. The van der Waals surface area contributed by atoms with Crippen LogP contribution in [0.15, 0.2) is 53.4 Å². The first kappa shape index (κ1) is 25.6. The Labute approximate surface area is 229 Å². The molecule has 0 bridgehead atoms. The number of nitrogen functional groups attached to an aromatic ring is 1. The zero-order valence-electron chi connectivity index (χ0n) is 22.3. The third-order valence-corrected chi connectivity index (χ3v) is 6.85. The van der Waals surface area contributed by atoms with Crippen LogP contribution >= 0.6 is 0 Å². The van der Waals surface area contributed by atoms with Gasteiger partial charge in [-0.2, -0.15) is 24.7 Å². The lowest BCUT2D eigenvalue weighted by molar-refractivity contribution is 0.262. The summed E-state index contributed by atoms with van der Waals surface area (Å²) in [5.41, 5.74) is 7.99. The minimum atomic E-state index is -0.306. The molecule has 5 heterocycles. The largest absolute Gasteiger partial charge is 0.485 e. The number of anilines is 3. The van der Waals surface area contributed by atoms with Crippen LogP contribution in [0.1, 0.15) is 5.82 Å². The number of halogens is 1. The average Bonchev–Trinajstić information content (AvgIpc) is 3.72. The Kier molecular flexibility index (Phi) is 6.90. The third-order valence-electron chi connectivity index (χ3n) is 6.85. The van der Waals surface area contributed by atoms with Crippen LogP contribution in [0, 0.1) is 5.82 Å². The van der Waals surface area contributed by atoms with Crippen molar-refractivity contribution in [2.45, 2.75) is 6.61 Å². The molecule has 0 aliphatic carbocycles. The molecule has 1 aliphatic heterocycles. The highest BCUT2D eigenvalue weighted by Crippen LogP contribution is 2.26. The van der Waals surface area contributed by atoms with Crippen molar-refractivity contribution in [3.63, 3.8) is 0 Å².